The lowest BCUT2D eigenvalue weighted by molar-refractivity contribution is -0.124. The summed E-state index contributed by atoms with van der Waals surface area (Å²) in [5, 5.41) is 5.68. The molecule has 1 aromatic rings. The Morgan fingerprint density at radius 3 is 2.67 bits per heavy atom. The zero-order valence-corrected chi connectivity index (χ0v) is 12.9. The maximum atomic E-state index is 13.9. The smallest absolute Gasteiger partial charge is 0.258 e. The first-order chi connectivity index (χ1) is 9.97. The van der Waals surface area contributed by atoms with Gasteiger partial charge in [-0.25, -0.2) is 4.39 Å². The van der Waals surface area contributed by atoms with E-state index in [2.05, 4.69) is 10.6 Å². The molecule has 118 valence electrons. The van der Waals surface area contributed by atoms with Crippen molar-refractivity contribution in [2.24, 2.45) is 0 Å². The summed E-state index contributed by atoms with van der Waals surface area (Å²) in [6.45, 7) is 3.96. The number of halogens is 1. The van der Waals surface area contributed by atoms with E-state index < -0.39 is 0 Å². The fraction of sp³-hybridized carbons (Fsp3) is 0.533. The van der Waals surface area contributed by atoms with Gasteiger partial charge in [0.05, 0.1) is 6.61 Å². The molecule has 0 radical (unpaired) electrons. The third kappa shape index (κ3) is 5.69. The lowest BCUT2D eigenvalue weighted by Gasteiger charge is -2.14. The van der Waals surface area contributed by atoms with E-state index in [1.807, 2.05) is 13.8 Å². The number of benzene rings is 1. The van der Waals surface area contributed by atoms with Crippen LogP contribution in [0.15, 0.2) is 18.2 Å². The third-order valence-corrected chi connectivity index (χ3v) is 3.07. The van der Waals surface area contributed by atoms with Gasteiger partial charge in [0, 0.05) is 30.8 Å². The number of carbonyl (C=O) groups is 1. The van der Waals surface area contributed by atoms with Crippen molar-refractivity contribution in [1.82, 2.24) is 10.6 Å². The molecule has 0 saturated heterocycles. The minimum Gasteiger partial charge on any atom is -0.484 e. The first-order valence-corrected chi connectivity index (χ1v) is 6.85. The maximum Gasteiger partial charge on any atom is 0.258 e. The predicted molar refractivity (Wildman–Crippen MR) is 78.9 cm³/mol. The molecule has 1 aromatic carbocycles. The second-order valence-corrected chi connectivity index (χ2v) is 4.91. The van der Waals surface area contributed by atoms with Crippen molar-refractivity contribution in [1.29, 1.82) is 0 Å². The number of carbonyl (C=O) groups excluding carboxylic acids is 1. The van der Waals surface area contributed by atoms with E-state index in [4.69, 9.17) is 9.47 Å². The Bertz CT molecular complexity index is 468. The molecule has 0 spiro atoms. The molecule has 0 aromatic heterocycles. The van der Waals surface area contributed by atoms with Crippen LogP contribution < -0.4 is 15.4 Å². The minimum absolute atomic E-state index is 0.0859. The molecule has 6 heteroatoms. The number of amides is 1. The quantitative estimate of drug-likeness (QED) is 0.766. The molecule has 0 heterocycles. The molecule has 0 saturated carbocycles. The van der Waals surface area contributed by atoms with Crippen molar-refractivity contribution in [2.45, 2.75) is 25.9 Å². The van der Waals surface area contributed by atoms with E-state index in [0.29, 0.717) is 17.9 Å². The lowest BCUT2D eigenvalue weighted by atomic mass is 10.1. The number of nitrogens with one attached hydrogen (secondary N) is 2. The van der Waals surface area contributed by atoms with Gasteiger partial charge in [-0.15, -0.1) is 0 Å². The highest BCUT2D eigenvalue weighted by atomic mass is 19.1. The molecule has 0 aliphatic heterocycles. The Hall–Kier alpha value is -1.66. The number of methoxy groups -OCH3 is 1. The summed E-state index contributed by atoms with van der Waals surface area (Å²) in [6, 6.07) is 4.41. The minimum atomic E-state index is -0.359. The van der Waals surface area contributed by atoms with Crippen LogP contribution in [-0.2, 0) is 9.53 Å². The Labute approximate surface area is 124 Å². The van der Waals surface area contributed by atoms with E-state index in [1.165, 1.54) is 6.07 Å². The predicted octanol–water partition coefficient (Wildman–Crippen LogP) is 1.64. The number of hydrogen-bond donors (Lipinski definition) is 2. The summed E-state index contributed by atoms with van der Waals surface area (Å²) in [5.41, 5.74) is 0.558. The standard InChI is InChI=1S/C15H23FN2O3/c1-10(8-20-4)18-15(19)9-21-12-5-6-13(11(2)17-3)14(16)7-12/h5-7,10-11,17H,8-9H2,1-4H3,(H,18,19). The summed E-state index contributed by atoms with van der Waals surface area (Å²) >= 11 is 0. The zero-order valence-electron chi connectivity index (χ0n) is 12.9. The molecule has 0 aliphatic rings. The molecule has 0 aliphatic carbocycles. The second-order valence-electron chi connectivity index (χ2n) is 4.91. The molecule has 1 rings (SSSR count). The molecule has 2 N–H and O–H groups in total. The van der Waals surface area contributed by atoms with Gasteiger partial charge in [-0.1, -0.05) is 6.07 Å². The summed E-state index contributed by atoms with van der Waals surface area (Å²) in [5.74, 6) is -0.302. The van der Waals surface area contributed by atoms with Crippen LogP contribution in [0.5, 0.6) is 5.75 Å². The van der Waals surface area contributed by atoms with Crippen molar-refractivity contribution >= 4 is 5.91 Å². The van der Waals surface area contributed by atoms with Crippen LogP contribution in [-0.4, -0.2) is 39.3 Å². The van der Waals surface area contributed by atoms with Crippen molar-refractivity contribution < 1.29 is 18.7 Å². The topological polar surface area (TPSA) is 59.6 Å². The van der Waals surface area contributed by atoms with Gasteiger partial charge in [-0.05, 0) is 27.0 Å². The monoisotopic (exact) mass is 298 g/mol. The first-order valence-electron chi connectivity index (χ1n) is 6.85. The SMILES string of the molecule is CNC(C)c1ccc(OCC(=O)NC(C)COC)cc1F. The highest BCUT2D eigenvalue weighted by Gasteiger charge is 2.11. The summed E-state index contributed by atoms with van der Waals surface area (Å²) in [7, 11) is 3.33. The molecule has 0 fully saturated rings. The first kappa shape index (κ1) is 17.4. The van der Waals surface area contributed by atoms with Gasteiger partial charge < -0.3 is 20.1 Å². The van der Waals surface area contributed by atoms with Gasteiger partial charge in [0.25, 0.3) is 5.91 Å². The van der Waals surface area contributed by atoms with Crippen molar-refractivity contribution in [3.05, 3.63) is 29.6 Å². The molecular formula is C15H23FN2O3. The Balaban J connectivity index is 2.52. The Morgan fingerprint density at radius 1 is 1.38 bits per heavy atom. The van der Waals surface area contributed by atoms with Crippen LogP contribution in [0.2, 0.25) is 0 Å². The number of rotatable bonds is 8. The van der Waals surface area contributed by atoms with Crippen LogP contribution in [0.4, 0.5) is 4.39 Å². The molecule has 0 bridgehead atoms. The lowest BCUT2D eigenvalue weighted by Crippen LogP contribution is -2.38. The Morgan fingerprint density at radius 2 is 2.10 bits per heavy atom. The van der Waals surface area contributed by atoms with Gasteiger partial charge in [-0.3, -0.25) is 4.79 Å². The van der Waals surface area contributed by atoms with Gasteiger partial charge >= 0.3 is 0 Å². The van der Waals surface area contributed by atoms with E-state index in [1.54, 1.807) is 26.3 Å². The van der Waals surface area contributed by atoms with Crippen molar-refractivity contribution in [2.75, 3.05) is 27.4 Å². The maximum absolute atomic E-state index is 13.9. The number of ether oxygens (including phenoxy) is 2. The van der Waals surface area contributed by atoms with Crippen molar-refractivity contribution in [3.63, 3.8) is 0 Å². The largest absolute Gasteiger partial charge is 0.484 e. The van der Waals surface area contributed by atoms with Crippen LogP contribution in [0.3, 0.4) is 0 Å². The van der Waals surface area contributed by atoms with Crippen molar-refractivity contribution in [3.8, 4) is 5.75 Å². The highest BCUT2D eigenvalue weighted by Crippen LogP contribution is 2.21. The highest BCUT2D eigenvalue weighted by molar-refractivity contribution is 5.77. The van der Waals surface area contributed by atoms with E-state index >= 15 is 0 Å². The van der Waals surface area contributed by atoms with Crippen LogP contribution >= 0.6 is 0 Å². The van der Waals surface area contributed by atoms with Crippen LogP contribution in [0, 0.1) is 5.82 Å². The second kappa shape index (κ2) is 8.59. The Kier molecular flexibility index (Phi) is 7.11. The van der Waals surface area contributed by atoms with Crippen LogP contribution in [0.1, 0.15) is 25.5 Å². The summed E-state index contributed by atoms with van der Waals surface area (Å²) < 4.78 is 24.1. The summed E-state index contributed by atoms with van der Waals surface area (Å²) in [6.07, 6.45) is 0. The molecule has 2 unspecified atom stereocenters. The normalized spacial score (nSPS) is 13.6. The van der Waals surface area contributed by atoms with E-state index in [9.17, 15) is 9.18 Å². The van der Waals surface area contributed by atoms with Gasteiger partial charge in [0.1, 0.15) is 11.6 Å². The summed E-state index contributed by atoms with van der Waals surface area (Å²) in [4.78, 5) is 11.6. The molecule has 21 heavy (non-hydrogen) atoms. The molecule has 1 amide bonds. The number of hydrogen-bond acceptors (Lipinski definition) is 4. The average molecular weight is 298 g/mol. The van der Waals surface area contributed by atoms with Gasteiger partial charge in [-0.2, -0.15) is 0 Å². The third-order valence-electron chi connectivity index (χ3n) is 3.07. The van der Waals surface area contributed by atoms with Gasteiger partial charge in [0.2, 0.25) is 0 Å². The van der Waals surface area contributed by atoms with E-state index in [-0.39, 0.29) is 30.4 Å². The van der Waals surface area contributed by atoms with E-state index in [0.717, 1.165) is 0 Å². The molecular weight excluding hydrogens is 275 g/mol. The fourth-order valence-electron chi connectivity index (χ4n) is 1.86. The molecule has 2 atom stereocenters. The fourth-order valence-corrected chi connectivity index (χ4v) is 1.86. The van der Waals surface area contributed by atoms with Gasteiger partial charge in [0.15, 0.2) is 6.61 Å². The molecule has 5 nitrogen and oxygen atoms in total. The zero-order chi connectivity index (χ0) is 15.8. The average Bonchev–Trinajstić information content (AvgIpc) is 2.44. The van der Waals surface area contributed by atoms with Crippen LogP contribution in [0.25, 0.3) is 0 Å².